The van der Waals surface area contributed by atoms with Gasteiger partial charge >= 0.3 is 6.03 Å². The van der Waals surface area contributed by atoms with Crippen LogP contribution in [-0.2, 0) is 11.3 Å². The summed E-state index contributed by atoms with van der Waals surface area (Å²) in [6.45, 7) is 0.204. The molecule has 0 aromatic heterocycles. The van der Waals surface area contributed by atoms with Crippen LogP contribution in [-0.4, -0.2) is 59.0 Å². The van der Waals surface area contributed by atoms with Gasteiger partial charge < -0.3 is 14.5 Å². The number of likely N-dealkylation sites (N-methyl/N-ethyl adjacent to an activating group) is 2. The molecule has 2 aromatic rings. The highest BCUT2D eigenvalue weighted by Gasteiger charge is 2.51. The van der Waals surface area contributed by atoms with Gasteiger partial charge in [-0.25, -0.2) is 9.79 Å². The molecule has 150 valence electrons. The van der Waals surface area contributed by atoms with Crippen molar-refractivity contribution in [1.29, 1.82) is 0 Å². The van der Waals surface area contributed by atoms with Crippen LogP contribution in [0.4, 0.5) is 4.79 Å². The van der Waals surface area contributed by atoms with E-state index in [1.165, 1.54) is 9.80 Å². The smallest absolute Gasteiger partial charge is 0.328 e. The molecule has 2 aliphatic rings. The van der Waals surface area contributed by atoms with Crippen LogP contribution in [0.15, 0.2) is 62.5 Å². The molecule has 0 aliphatic carbocycles. The summed E-state index contributed by atoms with van der Waals surface area (Å²) in [6.07, 6.45) is -0.619. The van der Waals surface area contributed by atoms with Crippen molar-refractivity contribution in [3.63, 3.8) is 0 Å². The minimum atomic E-state index is -0.626. The van der Waals surface area contributed by atoms with Crippen LogP contribution in [0.25, 0.3) is 0 Å². The first kappa shape index (κ1) is 19.9. The Labute approximate surface area is 185 Å². The van der Waals surface area contributed by atoms with Gasteiger partial charge in [-0.3, -0.25) is 9.69 Å². The largest absolute Gasteiger partial charge is 0.426 e. The van der Waals surface area contributed by atoms with Gasteiger partial charge in [0, 0.05) is 23.0 Å². The van der Waals surface area contributed by atoms with E-state index in [9.17, 15) is 9.59 Å². The number of hydrogen-bond acceptors (Lipinski definition) is 5. The van der Waals surface area contributed by atoms with E-state index in [4.69, 9.17) is 4.74 Å². The Hall–Kier alpha value is -2.39. The molecule has 1 fully saturated rings. The van der Waals surface area contributed by atoms with Crippen molar-refractivity contribution in [2.75, 3.05) is 14.1 Å². The standard InChI is InChI=1S/C20H18Br2N4O3/c1-24-16-17(23-19(24)29-15-9-7-14(22)8-10-15)25(2)20(28)26(18(16)27)11-12-3-5-13(21)6-4-12/h3-10,16-17H,11H2,1-2H3. The molecule has 3 amide bonds. The second-order valence-electron chi connectivity index (χ2n) is 6.88. The lowest BCUT2D eigenvalue weighted by atomic mass is 10.1. The molecule has 2 aromatic carbocycles. The number of hydrogen-bond donors (Lipinski definition) is 0. The van der Waals surface area contributed by atoms with Crippen molar-refractivity contribution < 1.29 is 14.3 Å². The molecular weight excluding hydrogens is 504 g/mol. The average molecular weight is 522 g/mol. The van der Waals surface area contributed by atoms with Gasteiger partial charge in [0.2, 0.25) is 0 Å². The summed E-state index contributed by atoms with van der Waals surface area (Å²) in [6, 6.07) is 14.2. The predicted octanol–water partition coefficient (Wildman–Crippen LogP) is 3.68. The van der Waals surface area contributed by atoms with Crippen molar-refractivity contribution in [2.45, 2.75) is 18.8 Å². The maximum Gasteiger partial charge on any atom is 0.328 e. The van der Waals surface area contributed by atoms with Crippen LogP contribution in [0.2, 0.25) is 0 Å². The number of carbonyl (C=O) groups excluding carboxylic acids is 2. The molecule has 0 radical (unpaired) electrons. The van der Waals surface area contributed by atoms with Gasteiger partial charge in [0.05, 0.1) is 6.54 Å². The molecule has 2 atom stereocenters. The van der Waals surface area contributed by atoms with Crippen molar-refractivity contribution >= 4 is 49.8 Å². The summed E-state index contributed by atoms with van der Waals surface area (Å²) in [5.41, 5.74) is 0.870. The first-order chi connectivity index (χ1) is 13.8. The van der Waals surface area contributed by atoms with Gasteiger partial charge in [-0.2, -0.15) is 0 Å². The summed E-state index contributed by atoms with van der Waals surface area (Å²) in [7, 11) is 3.41. The summed E-state index contributed by atoms with van der Waals surface area (Å²) in [5.74, 6) is 0.312. The lowest BCUT2D eigenvalue weighted by Crippen LogP contribution is -2.64. The number of imide groups is 1. The molecule has 4 rings (SSSR count). The third-order valence-electron chi connectivity index (χ3n) is 4.97. The minimum absolute atomic E-state index is 0.204. The number of amidine groups is 1. The highest BCUT2D eigenvalue weighted by molar-refractivity contribution is 9.10. The minimum Gasteiger partial charge on any atom is -0.426 e. The molecule has 7 nitrogen and oxygen atoms in total. The molecular formula is C20H18Br2N4O3. The van der Waals surface area contributed by atoms with E-state index in [0.29, 0.717) is 11.8 Å². The topological polar surface area (TPSA) is 65.5 Å². The quantitative estimate of drug-likeness (QED) is 0.618. The van der Waals surface area contributed by atoms with E-state index in [1.54, 1.807) is 31.1 Å². The third kappa shape index (κ3) is 3.76. The Morgan fingerprint density at radius 3 is 2.14 bits per heavy atom. The van der Waals surface area contributed by atoms with Crippen LogP contribution in [0.1, 0.15) is 5.56 Å². The number of carbonyl (C=O) groups is 2. The molecule has 0 saturated carbocycles. The van der Waals surface area contributed by atoms with Crippen molar-refractivity contribution in [2.24, 2.45) is 4.99 Å². The average Bonchev–Trinajstić information content (AvgIpc) is 3.03. The molecule has 0 bridgehead atoms. The fourth-order valence-corrected chi connectivity index (χ4v) is 3.90. The number of nitrogens with zero attached hydrogens (tertiary/aromatic N) is 4. The molecule has 0 N–H and O–H groups in total. The lowest BCUT2D eigenvalue weighted by molar-refractivity contribution is -0.137. The fourth-order valence-electron chi connectivity index (χ4n) is 3.37. The molecule has 29 heavy (non-hydrogen) atoms. The van der Waals surface area contributed by atoms with E-state index in [1.807, 2.05) is 36.4 Å². The van der Waals surface area contributed by atoms with E-state index in [0.717, 1.165) is 14.5 Å². The van der Waals surface area contributed by atoms with E-state index >= 15 is 0 Å². The van der Waals surface area contributed by atoms with Crippen LogP contribution in [0.5, 0.6) is 5.75 Å². The van der Waals surface area contributed by atoms with E-state index in [2.05, 4.69) is 36.9 Å². The van der Waals surface area contributed by atoms with Gasteiger partial charge in [-0.05, 0) is 42.0 Å². The summed E-state index contributed by atoms with van der Waals surface area (Å²) in [5, 5.41) is 0. The second-order valence-corrected chi connectivity index (χ2v) is 8.71. The molecule has 2 heterocycles. The summed E-state index contributed by atoms with van der Waals surface area (Å²) >= 11 is 6.78. The van der Waals surface area contributed by atoms with Gasteiger partial charge in [0.15, 0.2) is 12.2 Å². The highest BCUT2D eigenvalue weighted by atomic mass is 79.9. The van der Waals surface area contributed by atoms with E-state index < -0.39 is 12.2 Å². The molecule has 9 heteroatoms. The molecule has 2 unspecified atom stereocenters. The van der Waals surface area contributed by atoms with E-state index in [-0.39, 0.29) is 18.5 Å². The molecule has 0 spiro atoms. The maximum atomic E-state index is 13.2. The Morgan fingerprint density at radius 2 is 1.52 bits per heavy atom. The Bertz CT molecular complexity index is 978. The van der Waals surface area contributed by atoms with Crippen molar-refractivity contribution in [3.05, 3.63) is 63.0 Å². The number of fused-ring (bicyclic) bond motifs is 1. The monoisotopic (exact) mass is 520 g/mol. The summed E-state index contributed by atoms with van der Waals surface area (Å²) in [4.78, 5) is 35.0. The first-order valence-electron chi connectivity index (χ1n) is 8.92. The van der Waals surface area contributed by atoms with Crippen LogP contribution in [0.3, 0.4) is 0 Å². The maximum absolute atomic E-state index is 13.2. The van der Waals surface area contributed by atoms with Crippen LogP contribution < -0.4 is 4.74 Å². The zero-order chi connectivity index (χ0) is 20.7. The number of aliphatic imine (C=N–C) groups is 1. The Morgan fingerprint density at radius 1 is 0.931 bits per heavy atom. The van der Waals surface area contributed by atoms with Gasteiger partial charge in [-0.1, -0.05) is 44.0 Å². The SMILES string of the molecule is CN1C(=O)N(Cc2ccc(Br)cc2)C(=O)C2C1N=C(Oc1ccc(Br)cc1)N2C. The molecule has 2 aliphatic heterocycles. The second kappa shape index (κ2) is 7.79. The van der Waals surface area contributed by atoms with Crippen molar-refractivity contribution in [3.8, 4) is 5.75 Å². The summed E-state index contributed by atoms with van der Waals surface area (Å²) < 4.78 is 7.75. The predicted molar refractivity (Wildman–Crippen MR) is 115 cm³/mol. The number of urea groups is 1. The van der Waals surface area contributed by atoms with Crippen LogP contribution >= 0.6 is 31.9 Å². The zero-order valence-corrected chi connectivity index (χ0v) is 18.9. The first-order valence-corrected chi connectivity index (χ1v) is 10.5. The van der Waals surface area contributed by atoms with Gasteiger partial charge in [0.1, 0.15) is 5.75 Å². The third-order valence-corrected chi connectivity index (χ3v) is 6.03. The number of rotatable bonds is 3. The number of ether oxygens (including phenoxy) is 1. The fraction of sp³-hybridized carbons (Fsp3) is 0.250. The van der Waals surface area contributed by atoms with Gasteiger partial charge in [0.25, 0.3) is 11.9 Å². The lowest BCUT2D eigenvalue weighted by Gasteiger charge is -2.40. The van der Waals surface area contributed by atoms with Crippen molar-refractivity contribution in [1.82, 2.24) is 14.7 Å². The Balaban J connectivity index is 1.56. The normalized spacial score (nSPS) is 21.4. The number of halogens is 2. The number of benzene rings is 2. The molecule has 1 saturated heterocycles. The Kier molecular flexibility index (Phi) is 5.35. The zero-order valence-electron chi connectivity index (χ0n) is 15.8. The number of amides is 3. The van der Waals surface area contributed by atoms with Crippen LogP contribution in [0, 0.1) is 0 Å². The highest BCUT2D eigenvalue weighted by Crippen LogP contribution is 2.29. The van der Waals surface area contributed by atoms with Gasteiger partial charge in [-0.15, -0.1) is 0 Å².